The van der Waals surface area contributed by atoms with Crippen LogP contribution >= 0.6 is 0 Å². The molecule has 1 atom stereocenters. The number of aliphatic hydroxyl groups excluding tert-OH is 1. The number of aliphatic hydroxyl groups is 1. The molecule has 24 heavy (non-hydrogen) atoms. The molecule has 0 amide bonds. The molecule has 0 spiro atoms. The molecule has 4 heteroatoms. The van der Waals surface area contributed by atoms with Crippen LogP contribution in [0.15, 0.2) is 76.4 Å². The lowest BCUT2D eigenvalue weighted by molar-refractivity contribution is 0.464. The van der Waals surface area contributed by atoms with E-state index >= 15 is 0 Å². The largest absolute Gasteiger partial charge is 0.515 e. The topological polar surface area (TPSA) is 45.0 Å². The van der Waals surface area contributed by atoms with Gasteiger partial charge in [0.15, 0.2) is 5.84 Å². The van der Waals surface area contributed by atoms with Gasteiger partial charge in [0.05, 0.1) is 12.0 Å². The average Bonchev–Trinajstić information content (AvgIpc) is 2.62. The van der Waals surface area contributed by atoms with Gasteiger partial charge in [0.25, 0.3) is 0 Å². The Labute approximate surface area is 140 Å². The summed E-state index contributed by atoms with van der Waals surface area (Å²) in [7, 11) is 0. The van der Waals surface area contributed by atoms with E-state index in [-0.39, 0.29) is 11.7 Å². The first-order valence-corrected chi connectivity index (χ1v) is 7.92. The minimum absolute atomic E-state index is 0.126. The van der Waals surface area contributed by atoms with Gasteiger partial charge in [-0.15, -0.1) is 0 Å². The average molecular weight is 322 g/mol. The summed E-state index contributed by atoms with van der Waals surface area (Å²) in [6.45, 7) is 4.05. The van der Waals surface area contributed by atoms with Gasteiger partial charge in [-0.1, -0.05) is 56.3 Å². The number of aliphatic imine (C=N–C) groups is 2. The monoisotopic (exact) mass is 322 g/mol. The number of halogens is 1. The first kappa shape index (κ1) is 16.1. The van der Waals surface area contributed by atoms with Gasteiger partial charge in [0, 0.05) is 11.1 Å². The lowest BCUT2D eigenvalue weighted by Crippen LogP contribution is -2.23. The molecule has 2 aromatic rings. The first-order valence-electron chi connectivity index (χ1n) is 7.92. The van der Waals surface area contributed by atoms with Crippen molar-refractivity contribution in [3.63, 3.8) is 0 Å². The van der Waals surface area contributed by atoms with E-state index in [0.717, 1.165) is 23.1 Å². The van der Waals surface area contributed by atoms with Crippen LogP contribution in [0.5, 0.6) is 0 Å². The predicted octanol–water partition coefficient (Wildman–Crippen LogP) is 4.87. The predicted molar refractivity (Wildman–Crippen MR) is 95.1 cm³/mol. The van der Waals surface area contributed by atoms with Gasteiger partial charge >= 0.3 is 0 Å². The number of amidine groups is 1. The summed E-state index contributed by atoms with van der Waals surface area (Å²) >= 11 is 0. The summed E-state index contributed by atoms with van der Waals surface area (Å²) in [4.78, 5) is 9.38. The molecule has 122 valence electrons. The van der Waals surface area contributed by atoms with Crippen molar-refractivity contribution in [2.75, 3.05) is 0 Å². The Hall–Kier alpha value is -2.75. The highest BCUT2D eigenvalue weighted by molar-refractivity contribution is 6.15. The van der Waals surface area contributed by atoms with Crippen molar-refractivity contribution in [1.29, 1.82) is 0 Å². The lowest BCUT2D eigenvalue weighted by atomic mass is 9.89. The summed E-state index contributed by atoms with van der Waals surface area (Å²) in [6.07, 6.45) is 1.07. The normalized spacial score (nSPS) is 19.3. The zero-order valence-electron chi connectivity index (χ0n) is 13.6. The summed E-state index contributed by atoms with van der Waals surface area (Å²) in [5.74, 6) is 0.453. The van der Waals surface area contributed by atoms with Crippen molar-refractivity contribution in [2.45, 2.75) is 19.9 Å². The maximum Gasteiger partial charge on any atom is 0.155 e. The number of benzene rings is 2. The van der Waals surface area contributed by atoms with Crippen molar-refractivity contribution in [2.24, 2.45) is 15.9 Å². The van der Waals surface area contributed by atoms with Gasteiger partial charge < -0.3 is 5.11 Å². The standard InChI is InChI=1S/C20H19FN2O/c1-13(2)18-17(12-24)19(14-8-10-16(21)11-9-14)23-20(22-18)15-6-4-3-5-7-15/h3-13,19,24H,1-2H3. The van der Waals surface area contributed by atoms with Crippen LogP contribution in [0.3, 0.4) is 0 Å². The van der Waals surface area contributed by atoms with Crippen molar-refractivity contribution in [3.05, 3.63) is 83.4 Å². The van der Waals surface area contributed by atoms with Crippen LogP contribution in [0, 0.1) is 11.7 Å². The molecule has 1 N–H and O–H groups in total. The van der Waals surface area contributed by atoms with E-state index in [1.165, 1.54) is 12.1 Å². The van der Waals surface area contributed by atoms with Crippen LogP contribution in [0.1, 0.15) is 31.0 Å². The molecular formula is C20H19FN2O. The van der Waals surface area contributed by atoms with Gasteiger partial charge in [-0.25, -0.2) is 9.38 Å². The van der Waals surface area contributed by atoms with Crippen LogP contribution in [0.4, 0.5) is 4.39 Å². The number of hydrogen-bond acceptors (Lipinski definition) is 3. The zero-order chi connectivity index (χ0) is 17.1. The summed E-state index contributed by atoms with van der Waals surface area (Å²) in [6, 6.07) is 15.5. The van der Waals surface area contributed by atoms with Crippen molar-refractivity contribution >= 4 is 11.5 Å². The highest BCUT2D eigenvalue weighted by Crippen LogP contribution is 2.33. The zero-order valence-corrected chi connectivity index (χ0v) is 13.6. The van der Waals surface area contributed by atoms with E-state index in [4.69, 9.17) is 4.99 Å². The first-order chi connectivity index (χ1) is 11.6. The second-order valence-electron chi connectivity index (χ2n) is 6.01. The molecule has 3 rings (SSSR count). The molecule has 1 aliphatic heterocycles. The third-order valence-electron chi connectivity index (χ3n) is 3.97. The molecule has 1 unspecified atom stereocenters. The van der Waals surface area contributed by atoms with Crippen LogP contribution < -0.4 is 0 Å². The van der Waals surface area contributed by atoms with Crippen molar-refractivity contribution in [3.8, 4) is 0 Å². The van der Waals surface area contributed by atoms with Gasteiger partial charge in [-0.3, -0.25) is 4.99 Å². The molecule has 0 fully saturated rings. The maximum atomic E-state index is 13.3. The summed E-state index contributed by atoms with van der Waals surface area (Å²) in [5, 5.41) is 9.77. The maximum absolute atomic E-state index is 13.3. The second-order valence-corrected chi connectivity index (χ2v) is 6.01. The Balaban J connectivity index is 2.13. The minimum atomic E-state index is -0.402. The van der Waals surface area contributed by atoms with E-state index in [1.807, 2.05) is 44.2 Å². The quantitative estimate of drug-likeness (QED) is 0.805. The van der Waals surface area contributed by atoms with Crippen LogP contribution in [0.25, 0.3) is 0 Å². The number of nitrogens with zero attached hydrogens (tertiary/aromatic N) is 2. The molecule has 0 saturated heterocycles. The number of rotatable bonds is 3. The molecular weight excluding hydrogens is 303 g/mol. The van der Waals surface area contributed by atoms with E-state index in [0.29, 0.717) is 11.4 Å². The van der Waals surface area contributed by atoms with Gasteiger partial charge in [-0.2, -0.15) is 0 Å². The van der Waals surface area contributed by atoms with Gasteiger partial charge in [-0.05, 0) is 23.6 Å². The molecule has 1 aliphatic rings. The molecule has 0 aliphatic carbocycles. The fourth-order valence-electron chi connectivity index (χ4n) is 2.76. The third-order valence-corrected chi connectivity index (χ3v) is 3.97. The molecule has 0 aromatic heterocycles. The highest BCUT2D eigenvalue weighted by Gasteiger charge is 2.28. The molecule has 0 radical (unpaired) electrons. The number of hydrogen-bond donors (Lipinski definition) is 1. The van der Waals surface area contributed by atoms with Gasteiger partial charge in [0.2, 0.25) is 0 Å². The fraction of sp³-hybridized carbons (Fsp3) is 0.200. The molecule has 0 bridgehead atoms. The Kier molecular flexibility index (Phi) is 4.56. The smallest absolute Gasteiger partial charge is 0.155 e. The lowest BCUT2D eigenvalue weighted by Gasteiger charge is -2.25. The Morgan fingerprint density at radius 1 is 1.04 bits per heavy atom. The third kappa shape index (κ3) is 3.13. The van der Waals surface area contributed by atoms with Crippen molar-refractivity contribution in [1.82, 2.24) is 0 Å². The second kappa shape index (κ2) is 6.79. The van der Waals surface area contributed by atoms with Crippen LogP contribution in [-0.4, -0.2) is 16.7 Å². The SMILES string of the molecule is CC(C)C1=NC(c2ccccc2)=NC(c2ccc(F)cc2)C1=CO. The fourth-order valence-corrected chi connectivity index (χ4v) is 2.76. The molecule has 0 saturated carbocycles. The van der Waals surface area contributed by atoms with E-state index in [2.05, 4.69) is 4.99 Å². The van der Waals surface area contributed by atoms with E-state index in [9.17, 15) is 9.50 Å². The van der Waals surface area contributed by atoms with Gasteiger partial charge in [0.1, 0.15) is 11.9 Å². The molecule has 1 heterocycles. The van der Waals surface area contributed by atoms with Crippen LogP contribution in [0.2, 0.25) is 0 Å². The van der Waals surface area contributed by atoms with E-state index < -0.39 is 6.04 Å². The van der Waals surface area contributed by atoms with E-state index in [1.54, 1.807) is 12.1 Å². The Bertz CT molecular complexity index is 805. The Morgan fingerprint density at radius 3 is 2.29 bits per heavy atom. The summed E-state index contributed by atoms with van der Waals surface area (Å²) < 4.78 is 13.3. The molecule has 3 nitrogen and oxygen atoms in total. The Morgan fingerprint density at radius 2 is 1.71 bits per heavy atom. The summed E-state index contributed by atoms with van der Waals surface area (Å²) in [5.41, 5.74) is 3.18. The minimum Gasteiger partial charge on any atom is -0.515 e. The highest BCUT2D eigenvalue weighted by atomic mass is 19.1. The van der Waals surface area contributed by atoms with Crippen molar-refractivity contribution < 1.29 is 9.50 Å². The molecule has 2 aromatic carbocycles. The van der Waals surface area contributed by atoms with Crippen LogP contribution in [-0.2, 0) is 0 Å².